The Morgan fingerprint density at radius 3 is 2.24 bits per heavy atom. The van der Waals surface area contributed by atoms with Gasteiger partial charge in [0.15, 0.2) is 6.54 Å². The number of aliphatic hydroxyl groups is 1. The van der Waals surface area contributed by atoms with Crippen LogP contribution in [0.1, 0.15) is 31.2 Å². The minimum absolute atomic E-state index is 0.103. The summed E-state index contributed by atoms with van der Waals surface area (Å²) in [5.41, 5.74) is 2.51. The van der Waals surface area contributed by atoms with Gasteiger partial charge in [-0.1, -0.05) is 54.6 Å². The molecule has 0 aliphatic carbocycles. The highest BCUT2D eigenvalue weighted by atomic mass is 19.3. The van der Waals surface area contributed by atoms with Crippen molar-refractivity contribution in [3.63, 3.8) is 0 Å². The van der Waals surface area contributed by atoms with Gasteiger partial charge in [0, 0.05) is 12.0 Å². The molecule has 2 aliphatic rings. The van der Waals surface area contributed by atoms with Gasteiger partial charge in [-0.15, -0.1) is 0 Å². The number of hydrogen-bond acceptors (Lipinski definition) is 3. The Morgan fingerprint density at radius 2 is 1.55 bits per heavy atom. The van der Waals surface area contributed by atoms with Crippen LogP contribution in [0.4, 0.5) is 14.5 Å². The number of amidine groups is 1. The van der Waals surface area contributed by atoms with Crippen molar-refractivity contribution in [2.45, 2.75) is 38.0 Å². The highest BCUT2D eigenvalue weighted by Gasteiger charge is 2.54. The molecule has 33 heavy (non-hydrogen) atoms. The van der Waals surface area contributed by atoms with Crippen LogP contribution >= 0.6 is 0 Å². The van der Waals surface area contributed by atoms with Crippen molar-refractivity contribution in [1.29, 1.82) is 0 Å². The normalized spacial score (nSPS) is 20.7. The van der Waals surface area contributed by atoms with Crippen LogP contribution in [-0.2, 0) is 5.72 Å². The first-order valence-corrected chi connectivity index (χ1v) is 11.4. The quantitative estimate of drug-likeness (QED) is 0.515. The summed E-state index contributed by atoms with van der Waals surface area (Å²) in [6, 6.07) is 24.7. The van der Waals surface area contributed by atoms with Gasteiger partial charge in [-0.3, -0.25) is 4.58 Å². The van der Waals surface area contributed by atoms with Gasteiger partial charge in [-0.05, 0) is 54.7 Å². The van der Waals surface area contributed by atoms with Crippen LogP contribution in [-0.4, -0.2) is 35.2 Å². The summed E-state index contributed by atoms with van der Waals surface area (Å²) in [6.45, 7) is -1.51. The van der Waals surface area contributed by atoms with Gasteiger partial charge in [0.05, 0.1) is 6.54 Å². The van der Waals surface area contributed by atoms with Crippen molar-refractivity contribution in [3.8, 4) is 16.9 Å². The predicted octanol–water partition coefficient (Wildman–Crippen LogP) is 5.61. The van der Waals surface area contributed by atoms with Crippen LogP contribution in [0.5, 0.6) is 5.75 Å². The molecular weight excluding hydrogens is 422 g/mol. The van der Waals surface area contributed by atoms with Crippen molar-refractivity contribution >= 4 is 11.5 Å². The summed E-state index contributed by atoms with van der Waals surface area (Å²) >= 11 is 0. The fourth-order valence-corrected chi connectivity index (χ4v) is 4.94. The van der Waals surface area contributed by atoms with Gasteiger partial charge >= 0.3 is 6.61 Å². The van der Waals surface area contributed by atoms with Crippen LogP contribution in [0.3, 0.4) is 0 Å². The molecule has 1 atom stereocenters. The zero-order valence-corrected chi connectivity index (χ0v) is 18.3. The van der Waals surface area contributed by atoms with Gasteiger partial charge in [-0.25, -0.2) is 0 Å². The molecule has 0 fully saturated rings. The second kappa shape index (κ2) is 8.94. The predicted molar refractivity (Wildman–Crippen MR) is 125 cm³/mol. The van der Waals surface area contributed by atoms with Crippen molar-refractivity contribution in [2.75, 3.05) is 18.0 Å². The topological polar surface area (TPSA) is 35.7 Å². The van der Waals surface area contributed by atoms with Gasteiger partial charge in [0.25, 0.3) is 11.6 Å². The molecule has 170 valence electrons. The molecule has 0 spiro atoms. The van der Waals surface area contributed by atoms with E-state index in [1.165, 1.54) is 12.1 Å². The average molecular weight is 450 g/mol. The first-order chi connectivity index (χ1) is 16.0. The zero-order chi connectivity index (χ0) is 22.8. The minimum atomic E-state index is -2.87. The lowest BCUT2D eigenvalue weighted by Gasteiger charge is -2.29. The smallest absolute Gasteiger partial charge is 0.387 e. The van der Waals surface area contributed by atoms with E-state index in [0.29, 0.717) is 6.54 Å². The maximum Gasteiger partial charge on any atom is 0.387 e. The Bertz CT molecular complexity index is 1130. The third-order valence-electron chi connectivity index (χ3n) is 6.51. The van der Waals surface area contributed by atoms with Crippen LogP contribution in [0, 0.1) is 0 Å². The van der Waals surface area contributed by atoms with E-state index in [-0.39, 0.29) is 5.75 Å². The summed E-state index contributed by atoms with van der Waals surface area (Å²) in [5.74, 6) is 1.18. The van der Waals surface area contributed by atoms with Gasteiger partial charge in [-0.2, -0.15) is 13.7 Å². The van der Waals surface area contributed by atoms with Crippen LogP contribution in [0.15, 0.2) is 78.9 Å². The average Bonchev–Trinajstić information content (AvgIpc) is 2.95. The van der Waals surface area contributed by atoms with Crippen LogP contribution in [0.2, 0.25) is 0 Å². The Morgan fingerprint density at radius 1 is 0.848 bits per heavy atom. The maximum absolute atomic E-state index is 12.6. The Hall–Kier alpha value is -3.25. The third kappa shape index (κ3) is 4.23. The Labute approximate surface area is 192 Å². The molecule has 0 radical (unpaired) electrons. The molecular formula is C27H27F2N2O2+. The number of ether oxygens (including phenoxy) is 1. The molecule has 0 bridgehead atoms. The third-order valence-corrected chi connectivity index (χ3v) is 6.51. The Kier molecular flexibility index (Phi) is 5.85. The molecule has 4 nitrogen and oxygen atoms in total. The summed E-state index contributed by atoms with van der Waals surface area (Å²) in [6.07, 6.45) is 4.15. The summed E-state index contributed by atoms with van der Waals surface area (Å²) in [7, 11) is 0. The van der Waals surface area contributed by atoms with E-state index in [0.717, 1.165) is 60.4 Å². The number of nitrogens with zero attached hydrogens (tertiary/aromatic N) is 2. The number of benzene rings is 3. The second-order valence-electron chi connectivity index (χ2n) is 8.62. The number of rotatable bonds is 5. The molecule has 1 N–H and O–H groups in total. The van der Waals surface area contributed by atoms with Gasteiger partial charge in [0.1, 0.15) is 11.4 Å². The largest absolute Gasteiger partial charge is 0.435 e. The van der Waals surface area contributed by atoms with Crippen molar-refractivity contribution in [2.24, 2.45) is 0 Å². The van der Waals surface area contributed by atoms with E-state index in [4.69, 9.17) is 0 Å². The van der Waals surface area contributed by atoms with Crippen LogP contribution < -0.4 is 9.64 Å². The van der Waals surface area contributed by atoms with Gasteiger partial charge < -0.3 is 9.84 Å². The highest BCUT2D eigenvalue weighted by Crippen LogP contribution is 2.39. The molecule has 0 saturated carbocycles. The van der Waals surface area contributed by atoms with Crippen molar-refractivity contribution < 1.29 is 23.2 Å². The molecule has 0 aromatic heterocycles. The van der Waals surface area contributed by atoms with E-state index in [1.54, 1.807) is 12.1 Å². The molecule has 0 amide bonds. The minimum Gasteiger partial charge on any atom is -0.435 e. The lowest BCUT2D eigenvalue weighted by Crippen LogP contribution is -2.47. The van der Waals surface area contributed by atoms with E-state index in [9.17, 15) is 13.9 Å². The van der Waals surface area contributed by atoms with E-state index in [2.05, 4.69) is 21.4 Å². The molecule has 2 heterocycles. The molecule has 6 heteroatoms. The first-order valence-electron chi connectivity index (χ1n) is 11.4. The molecule has 2 aliphatic heterocycles. The second-order valence-corrected chi connectivity index (χ2v) is 8.62. The van der Waals surface area contributed by atoms with Crippen LogP contribution in [0.25, 0.3) is 11.1 Å². The summed E-state index contributed by atoms with van der Waals surface area (Å²) < 4.78 is 32.0. The van der Waals surface area contributed by atoms with Crippen molar-refractivity contribution in [3.05, 3.63) is 84.4 Å². The maximum atomic E-state index is 12.6. The van der Waals surface area contributed by atoms with Crippen molar-refractivity contribution in [1.82, 2.24) is 0 Å². The summed E-state index contributed by atoms with van der Waals surface area (Å²) in [5, 5.41) is 12.1. The highest BCUT2D eigenvalue weighted by molar-refractivity contribution is 5.97. The number of alkyl halides is 2. The summed E-state index contributed by atoms with van der Waals surface area (Å²) in [4.78, 5) is 1.97. The SMILES string of the molecule is O[C@]1(c2ccc(-c3ccccc3)cc2)C[N+]2=C(CCCCC2)N1c1ccc(OC(F)F)cc1. The first kappa shape index (κ1) is 21.6. The van der Waals surface area contributed by atoms with E-state index >= 15 is 0 Å². The number of hydrogen-bond donors (Lipinski definition) is 1. The lowest BCUT2D eigenvalue weighted by molar-refractivity contribution is -0.534. The molecule has 0 saturated heterocycles. The molecule has 3 aromatic rings. The monoisotopic (exact) mass is 449 g/mol. The van der Waals surface area contributed by atoms with Gasteiger partial charge in [0.2, 0.25) is 0 Å². The fraction of sp³-hybridized carbons (Fsp3) is 0.296. The number of anilines is 1. The number of halogens is 2. The lowest BCUT2D eigenvalue weighted by atomic mass is 9.96. The standard InChI is InChI=1S/C27H27F2N2O2/c28-26(29)33-24-16-14-23(15-17-24)31-25-9-5-2-6-18-30(25)19-27(31,32)22-12-10-21(11-13-22)20-7-3-1-4-8-20/h1,3-4,7-8,10-17,26,32H,2,5-6,9,18-19H2/q+1/t27-/m0/s1. The van der Waals surface area contributed by atoms with E-state index < -0.39 is 12.3 Å². The Balaban J connectivity index is 1.52. The molecule has 3 aromatic carbocycles. The zero-order valence-electron chi connectivity index (χ0n) is 18.3. The fourth-order valence-electron chi connectivity index (χ4n) is 4.94. The molecule has 0 unspecified atom stereocenters. The molecule has 5 rings (SSSR count). The van der Waals surface area contributed by atoms with E-state index in [1.807, 2.05) is 47.4 Å².